The molecule has 3 heterocycles. The zero-order valence-electron chi connectivity index (χ0n) is 20.7. The molecule has 0 radical (unpaired) electrons. The molecule has 10 nitrogen and oxygen atoms in total. The van der Waals surface area contributed by atoms with E-state index in [2.05, 4.69) is 32.1 Å². The smallest absolute Gasteiger partial charge is 0.270 e. The number of aromatic nitrogens is 2. The van der Waals surface area contributed by atoms with Gasteiger partial charge in [-0.3, -0.25) is 23.9 Å². The number of hydrogen-bond donors (Lipinski definition) is 3. The number of rotatable bonds is 10. The third kappa shape index (κ3) is 6.75. The SMILES string of the molecule is CCNC(=O)/C(C#N)=c1\s/c(=C/Nc2cccc(NC(=O)CN3CCCC3CSC)n2)c(=O)n1CC. The van der Waals surface area contributed by atoms with Crippen LogP contribution in [0.25, 0.3) is 11.8 Å². The van der Waals surface area contributed by atoms with Gasteiger partial charge < -0.3 is 16.0 Å². The first kappa shape index (κ1) is 27.4. The predicted molar refractivity (Wildman–Crippen MR) is 145 cm³/mol. The second-order valence-electron chi connectivity index (χ2n) is 8.13. The van der Waals surface area contributed by atoms with Gasteiger partial charge in [-0.15, -0.1) is 11.3 Å². The van der Waals surface area contributed by atoms with Crippen LogP contribution in [-0.2, 0) is 16.1 Å². The van der Waals surface area contributed by atoms with Crippen LogP contribution in [0.1, 0.15) is 26.7 Å². The molecule has 1 unspecified atom stereocenters. The minimum atomic E-state index is -0.512. The standard InChI is InChI=1S/C24H31N7O3S2/c1-4-26-22(33)17(12-25)24-31(5-2)23(34)18(36-24)13-27-19-9-6-10-20(28-19)29-21(32)14-30-11-7-8-16(30)15-35-3/h6,9-10,13,16H,4-5,7-8,11,14-15H2,1-3H3,(H,26,33)(H2,27,28,29,32)/b18-13+,24-17-. The van der Waals surface area contributed by atoms with Gasteiger partial charge in [-0.05, 0) is 51.6 Å². The molecule has 0 aromatic carbocycles. The Labute approximate surface area is 218 Å². The third-order valence-electron chi connectivity index (χ3n) is 5.69. The minimum Gasteiger partial charge on any atom is -0.352 e. The number of nitrogens with zero attached hydrogens (tertiary/aromatic N) is 4. The Balaban J connectivity index is 1.78. The summed E-state index contributed by atoms with van der Waals surface area (Å²) >= 11 is 2.85. The lowest BCUT2D eigenvalue weighted by atomic mass is 10.2. The first-order valence-electron chi connectivity index (χ1n) is 11.8. The van der Waals surface area contributed by atoms with Crippen LogP contribution in [0.2, 0.25) is 0 Å². The number of likely N-dealkylation sites (tertiary alicyclic amines) is 1. The van der Waals surface area contributed by atoms with Crippen molar-refractivity contribution < 1.29 is 9.59 Å². The number of thioether (sulfide) groups is 1. The number of amides is 2. The number of thiazole rings is 1. The topological polar surface area (TPSA) is 132 Å². The number of nitriles is 1. The summed E-state index contributed by atoms with van der Waals surface area (Å²) in [4.78, 5) is 44.3. The van der Waals surface area contributed by atoms with Crippen molar-refractivity contribution in [1.29, 1.82) is 5.26 Å². The molecule has 0 bridgehead atoms. The van der Waals surface area contributed by atoms with E-state index in [-0.39, 0.29) is 17.0 Å². The number of hydrogen-bond acceptors (Lipinski definition) is 9. The Kier molecular flexibility index (Phi) is 10.1. The summed E-state index contributed by atoms with van der Waals surface area (Å²) in [6, 6.07) is 7.53. The molecule has 2 aromatic heterocycles. The summed E-state index contributed by atoms with van der Waals surface area (Å²) in [6.07, 6.45) is 5.80. The van der Waals surface area contributed by atoms with Gasteiger partial charge >= 0.3 is 0 Å². The molecule has 3 N–H and O–H groups in total. The van der Waals surface area contributed by atoms with E-state index in [1.807, 2.05) is 6.07 Å². The lowest BCUT2D eigenvalue weighted by Gasteiger charge is -2.22. The van der Waals surface area contributed by atoms with Crippen molar-refractivity contribution in [3.63, 3.8) is 0 Å². The van der Waals surface area contributed by atoms with Crippen LogP contribution in [0.4, 0.5) is 11.6 Å². The molecule has 1 atom stereocenters. The molecule has 2 amide bonds. The molecule has 1 saturated heterocycles. The summed E-state index contributed by atoms with van der Waals surface area (Å²) < 4.78 is 2.03. The lowest BCUT2D eigenvalue weighted by molar-refractivity contribution is -0.117. The molecule has 0 saturated carbocycles. The highest BCUT2D eigenvalue weighted by Crippen LogP contribution is 2.20. The number of carbonyl (C=O) groups excluding carboxylic acids is 2. The molecule has 1 aliphatic heterocycles. The maximum atomic E-state index is 12.9. The van der Waals surface area contributed by atoms with E-state index in [1.54, 1.807) is 43.8 Å². The quantitative estimate of drug-likeness (QED) is 0.411. The van der Waals surface area contributed by atoms with E-state index in [4.69, 9.17) is 0 Å². The number of nitrogens with one attached hydrogen (secondary N) is 3. The van der Waals surface area contributed by atoms with E-state index < -0.39 is 5.91 Å². The number of pyridine rings is 1. The van der Waals surface area contributed by atoms with Crippen molar-refractivity contribution in [2.75, 3.05) is 42.3 Å². The monoisotopic (exact) mass is 529 g/mol. The van der Waals surface area contributed by atoms with Crippen molar-refractivity contribution in [2.45, 2.75) is 39.3 Å². The summed E-state index contributed by atoms with van der Waals surface area (Å²) in [5.74, 6) is 1.24. The van der Waals surface area contributed by atoms with Crippen LogP contribution in [0, 0.1) is 11.3 Å². The molecule has 192 valence electrons. The van der Waals surface area contributed by atoms with Gasteiger partial charge in [0.2, 0.25) is 5.91 Å². The highest BCUT2D eigenvalue weighted by Gasteiger charge is 2.25. The summed E-state index contributed by atoms with van der Waals surface area (Å²) in [5.41, 5.74) is -0.405. The normalized spacial score (nSPS) is 16.9. The molecule has 1 fully saturated rings. The fourth-order valence-corrected chi connectivity index (χ4v) is 5.86. The predicted octanol–water partition coefficient (Wildman–Crippen LogP) is 0.751. The third-order valence-corrected chi connectivity index (χ3v) is 7.53. The van der Waals surface area contributed by atoms with E-state index in [0.29, 0.717) is 46.5 Å². The van der Waals surface area contributed by atoms with Gasteiger partial charge in [-0.1, -0.05) is 6.07 Å². The van der Waals surface area contributed by atoms with Crippen molar-refractivity contribution in [2.24, 2.45) is 0 Å². The maximum Gasteiger partial charge on any atom is 0.270 e. The second kappa shape index (κ2) is 13.2. The van der Waals surface area contributed by atoms with Crippen LogP contribution >= 0.6 is 23.1 Å². The fraction of sp³-hybridized carbons (Fsp3) is 0.458. The van der Waals surface area contributed by atoms with E-state index in [9.17, 15) is 19.6 Å². The van der Waals surface area contributed by atoms with E-state index >= 15 is 0 Å². The van der Waals surface area contributed by atoms with Crippen LogP contribution in [0.3, 0.4) is 0 Å². The van der Waals surface area contributed by atoms with Crippen molar-refractivity contribution in [1.82, 2.24) is 19.8 Å². The molecule has 3 rings (SSSR count). The summed E-state index contributed by atoms with van der Waals surface area (Å²) in [7, 11) is 0. The highest BCUT2D eigenvalue weighted by molar-refractivity contribution is 7.98. The van der Waals surface area contributed by atoms with Crippen LogP contribution in [-0.4, -0.2) is 64.0 Å². The molecule has 0 spiro atoms. The average molecular weight is 530 g/mol. The van der Waals surface area contributed by atoms with Crippen molar-refractivity contribution >= 4 is 58.3 Å². The van der Waals surface area contributed by atoms with Gasteiger partial charge in [0.1, 0.15) is 26.9 Å². The van der Waals surface area contributed by atoms with Crippen molar-refractivity contribution in [3.8, 4) is 6.07 Å². The van der Waals surface area contributed by atoms with E-state index in [1.165, 1.54) is 10.8 Å². The number of carbonyl (C=O) groups is 2. The van der Waals surface area contributed by atoms with Gasteiger partial charge in [0.15, 0.2) is 5.57 Å². The minimum absolute atomic E-state index is 0.0962. The Hall–Kier alpha value is -3.14. The molecule has 1 aliphatic rings. The Morgan fingerprint density at radius 2 is 2.11 bits per heavy atom. The number of anilines is 2. The lowest BCUT2D eigenvalue weighted by Crippen LogP contribution is -2.38. The van der Waals surface area contributed by atoms with Gasteiger partial charge in [0.25, 0.3) is 11.5 Å². The summed E-state index contributed by atoms with van der Waals surface area (Å²) in [5, 5.41) is 18.0. The Bertz CT molecular complexity index is 1310. The largest absolute Gasteiger partial charge is 0.352 e. The van der Waals surface area contributed by atoms with Crippen LogP contribution in [0.5, 0.6) is 0 Å². The fourth-order valence-electron chi connectivity index (χ4n) is 4.01. The maximum absolute atomic E-state index is 12.9. The van der Waals surface area contributed by atoms with Crippen LogP contribution in [0.15, 0.2) is 23.0 Å². The molecule has 2 aromatic rings. The van der Waals surface area contributed by atoms with Crippen LogP contribution < -0.4 is 30.7 Å². The zero-order valence-corrected chi connectivity index (χ0v) is 22.3. The summed E-state index contributed by atoms with van der Waals surface area (Å²) in [6.45, 7) is 5.48. The first-order chi connectivity index (χ1) is 17.4. The molecule has 36 heavy (non-hydrogen) atoms. The van der Waals surface area contributed by atoms with Crippen molar-refractivity contribution in [3.05, 3.63) is 37.7 Å². The molecule has 0 aliphatic carbocycles. The Morgan fingerprint density at radius 3 is 2.81 bits per heavy atom. The highest BCUT2D eigenvalue weighted by atomic mass is 32.2. The molecular formula is C24H31N7O3S2. The van der Waals surface area contributed by atoms with Gasteiger partial charge in [-0.2, -0.15) is 17.0 Å². The van der Waals surface area contributed by atoms with Gasteiger partial charge in [0.05, 0.1) is 6.54 Å². The molecule has 12 heteroatoms. The van der Waals surface area contributed by atoms with Gasteiger partial charge in [0, 0.05) is 31.1 Å². The average Bonchev–Trinajstić information content (AvgIpc) is 3.42. The zero-order chi connectivity index (χ0) is 26.1. The molecular weight excluding hydrogens is 498 g/mol. The van der Waals surface area contributed by atoms with Gasteiger partial charge in [-0.25, -0.2) is 4.98 Å². The second-order valence-corrected chi connectivity index (χ2v) is 10.1. The first-order valence-corrected chi connectivity index (χ1v) is 14.0. The van der Waals surface area contributed by atoms with E-state index in [0.717, 1.165) is 36.5 Å². The Morgan fingerprint density at radius 1 is 1.33 bits per heavy atom.